The van der Waals surface area contributed by atoms with E-state index in [9.17, 15) is 10.2 Å². The van der Waals surface area contributed by atoms with Crippen molar-refractivity contribution < 1.29 is 10.2 Å². The highest BCUT2D eigenvalue weighted by Crippen LogP contribution is 2.37. The van der Waals surface area contributed by atoms with Crippen LogP contribution in [0.5, 0.6) is 0 Å². The van der Waals surface area contributed by atoms with Crippen LogP contribution in [0.4, 0.5) is 0 Å². The molecule has 0 amide bonds. The Morgan fingerprint density at radius 1 is 1.00 bits per heavy atom. The molecule has 1 aliphatic carbocycles. The predicted octanol–water partition coefficient (Wildman–Crippen LogP) is 6.18. The number of rotatable bonds is 13. The van der Waals surface area contributed by atoms with Crippen LogP contribution in [-0.2, 0) is 0 Å². The summed E-state index contributed by atoms with van der Waals surface area (Å²) >= 11 is 0. The van der Waals surface area contributed by atoms with Crippen LogP contribution < -0.4 is 0 Å². The summed E-state index contributed by atoms with van der Waals surface area (Å²) < 4.78 is 0. The van der Waals surface area contributed by atoms with Gasteiger partial charge in [0.1, 0.15) is 0 Å². The maximum atomic E-state index is 10.8. The molecule has 1 fully saturated rings. The van der Waals surface area contributed by atoms with Crippen molar-refractivity contribution in [1.29, 1.82) is 0 Å². The molecule has 1 rings (SSSR count). The molecule has 0 saturated heterocycles. The van der Waals surface area contributed by atoms with Gasteiger partial charge in [-0.3, -0.25) is 0 Å². The van der Waals surface area contributed by atoms with E-state index in [4.69, 9.17) is 0 Å². The fraction of sp³-hybridized carbons (Fsp3) is 0.826. The van der Waals surface area contributed by atoms with Crippen molar-refractivity contribution >= 4 is 0 Å². The molecule has 2 N–H and O–H groups in total. The summed E-state index contributed by atoms with van der Waals surface area (Å²) in [5, 5.41) is 21.1. The van der Waals surface area contributed by atoms with Crippen LogP contribution in [0.2, 0.25) is 0 Å². The van der Waals surface area contributed by atoms with E-state index in [1.807, 2.05) is 19.1 Å². The highest BCUT2D eigenvalue weighted by Gasteiger charge is 2.32. The van der Waals surface area contributed by atoms with E-state index in [1.165, 1.54) is 38.5 Å². The fourth-order valence-electron chi connectivity index (χ4n) is 4.19. The molecule has 146 valence electrons. The molecule has 25 heavy (non-hydrogen) atoms. The summed E-state index contributed by atoms with van der Waals surface area (Å²) in [5.41, 5.74) is -0.722. The van der Waals surface area contributed by atoms with Gasteiger partial charge in [0.25, 0.3) is 0 Å². The predicted molar refractivity (Wildman–Crippen MR) is 109 cm³/mol. The Balaban J connectivity index is 2.50. The number of hydrogen-bond acceptors (Lipinski definition) is 2. The fourth-order valence-corrected chi connectivity index (χ4v) is 4.19. The average Bonchev–Trinajstić information content (AvgIpc) is 2.93. The van der Waals surface area contributed by atoms with Crippen molar-refractivity contribution in [3.8, 4) is 0 Å². The number of hydrogen-bond donors (Lipinski definition) is 2. The van der Waals surface area contributed by atoms with Crippen LogP contribution in [0.3, 0.4) is 0 Å². The highest BCUT2D eigenvalue weighted by atomic mass is 16.3. The van der Waals surface area contributed by atoms with Crippen molar-refractivity contribution in [2.45, 2.75) is 110 Å². The SMILES string of the molecule is CC=C[C@@](O)(CC=C[C@@H]1[C@@H](CCCCCCC)CC[C@H]1O)CCCC. The van der Waals surface area contributed by atoms with Crippen molar-refractivity contribution in [2.75, 3.05) is 0 Å². The smallest absolute Gasteiger partial charge is 0.0861 e. The summed E-state index contributed by atoms with van der Waals surface area (Å²) in [7, 11) is 0. The van der Waals surface area contributed by atoms with Crippen molar-refractivity contribution in [1.82, 2.24) is 0 Å². The van der Waals surface area contributed by atoms with Gasteiger partial charge in [-0.15, -0.1) is 0 Å². The lowest BCUT2D eigenvalue weighted by Crippen LogP contribution is -2.25. The third-order valence-electron chi connectivity index (χ3n) is 5.77. The molecule has 2 heteroatoms. The monoisotopic (exact) mass is 350 g/mol. The molecule has 1 aliphatic rings. The van der Waals surface area contributed by atoms with E-state index in [0.717, 1.165) is 32.1 Å². The van der Waals surface area contributed by atoms with Gasteiger partial charge < -0.3 is 10.2 Å². The van der Waals surface area contributed by atoms with E-state index in [1.54, 1.807) is 0 Å². The number of aliphatic hydroxyl groups excluding tert-OH is 1. The minimum atomic E-state index is -0.722. The Morgan fingerprint density at radius 2 is 1.72 bits per heavy atom. The number of allylic oxidation sites excluding steroid dienone is 1. The summed E-state index contributed by atoms with van der Waals surface area (Å²) in [6, 6.07) is 0. The van der Waals surface area contributed by atoms with Crippen molar-refractivity contribution in [3.63, 3.8) is 0 Å². The first-order valence-electron chi connectivity index (χ1n) is 10.8. The lowest BCUT2D eigenvalue weighted by molar-refractivity contribution is 0.0813. The molecule has 0 aromatic rings. The van der Waals surface area contributed by atoms with E-state index < -0.39 is 5.60 Å². The lowest BCUT2D eigenvalue weighted by atomic mass is 9.87. The zero-order valence-electron chi connectivity index (χ0n) is 16.9. The first-order chi connectivity index (χ1) is 12.1. The molecule has 0 heterocycles. The summed E-state index contributed by atoms with van der Waals surface area (Å²) in [4.78, 5) is 0. The average molecular weight is 351 g/mol. The van der Waals surface area contributed by atoms with Gasteiger partial charge in [0.05, 0.1) is 11.7 Å². The minimum absolute atomic E-state index is 0.192. The van der Waals surface area contributed by atoms with Crippen LogP contribution >= 0.6 is 0 Å². The highest BCUT2D eigenvalue weighted by molar-refractivity contribution is 5.07. The largest absolute Gasteiger partial charge is 0.393 e. The first-order valence-corrected chi connectivity index (χ1v) is 10.8. The van der Waals surface area contributed by atoms with Gasteiger partial charge in [-0.05, 0) is 44.9 Å². The molecular weight excluding hydrogens is 308 g/mol. The van der Waals surface area contributed by atoms with E-state index in [0.29, 0.717) is 12.3 Å². The molecule has 0 spiro atoms. The van der Waals surface area contributed by atoms with Gasteiger partial charge in [-0.2, -0.15) is 0 Å². The molecule has 0 aromatic heterocycles. The third-order valence-corrected chi connectivity index (χ3v) is 5.77. The summed E-state index contributed by atoms with van der Waals surface area (Å²) in [6.07, 6.45) is 21.6. The van der Waals surface area contributed by atoms with Gasteiger partial charge in [0, 0.05) is 5.92 Å². The summed E-state index contributed by atoms with van der Waals surface area (Å²) in [5.74, 6) is 0.908. The lowest BCUT2D eigenvalue weighted by Gasteiger charge is -2.24. The molecule has 0 radical (unpaired) electrons. The Labute approximate surface area is 156 Å². The zero-order chi connectivity index (χ0) is 18.5. The topological polar surface area (TPSA) is 40.5 Å². The Hall–Kier alpha value is -0.600. The van der Waals surface area contributed by atoms with Gasteiger partial charge in [0.15, 0.2) is 0 Å². The summed E-state index contributed by atoms with van der Waals surface area (Å²) in [6.45, 7) is 6.38. The van der Waals surface area contributed by atoms with Crippen LogP contribution in [0.15, 0.2) is 24.3 Å². The standard InChI is InChI=1S/C23H42O2/c1-4-7-9-10-11-13-20-15-16-22(24)21(20)14-12-19-23(25,17-6-3)18-8-5-2/h6,12,14,17,20-22,24-25H,4-5,7-11,13,15-16,18-19H2,1-3H3/t20-,21+,22+,23-/m0/s1. The van der Waals surface area contributed by atoms with Gasteiger partial charge >= 0.3 is 0 Å². The number of unbranched alkanes of at least 4 members (excludes halogenated alkanes) is 5. The second kappa shape index (κ2) is 12.7. The number of aliphatic hydroxyl groups is 2. The van der Waals surface area contributed by atoms with E-state index in [2.05, 4.69) is 26.0 Å². The van der Waals surface area contributed by atoms with Crippen LogP contribution in [0.25, 0.3) is 0 Å². The molecule has 2 nitrogen and oxygen atoms in total. The molecule has 0 aromatic carbocycles. The van der Waals surface area contributed by atoms with Crippen molar-refractivity contribution in [2.24, 2.45) is 11.8 Å². The van der Waals surface area contributed by atoms with E-state index >= 15 is 0 Å². The molecule has 1 saturated carbocycles. The Bertz CT molecular complexity index is 388. The van der Waals surface area contributed by atoms with Crippen LogP contribution in [0.1, 0.15) is 97.8 Å². The normalized spacial score (nSPS) is 26.7. The van der Waals surface area contributed by atoms with Crippen molar-refractivity contribution in [3.05, 3.63) is 24.3 Å². The molecule has 4 atom stereocenters. The first kappa shape index (κ1) is 22.4. The maximum Gasteiger partial charge on any atom is 0.0861 e. The Kier molecular flexibility index (Phi) is 11.4. The van der Waals surface area contributed by atoms with Gasteiger partial charge in [-0.25, -0.2) is 0 Å². The molecular formula is C23H42O2. The van der Waals surface area contributed by atoms with E-state index in [-0.39, 0.29) is 12.0 Å². The van der Waals surface area contributed by atoms with Gasteiger partial charge in [0.2, 0.25) is 0 Å². The quantitative estimate of drug-likeness (QED) is 0.308. The van der Waals surface area contributed by atoms with Gasteiger partial charge in [-0.1, -0.05) is 83.1 Å². The van der Waals surface area contributed by atoms with Crippen LogP contribution in [-0.4, -0.2) is 21.9 Å². The zero-order valence-corrected chi connectivity index (χ0v) is 16.9. The molecule has 0 bridgehead atoms. The maximum absolute atomic E-state index is 10.8. The second-order valence-corrected chi connectivity index (χ2v) is 8.02. The second-order valence-electron chi connectivity index (χ2n) is 8.02. The minimum Gasteiger partial charge on any atom is -0.393 e. The third kappa shape index (κ3) is 8.55. The molecule has 0 unspecified atom stereocenters. The molecule has 0 aliphatic heterocycles. The van der Waals surface area contributed by atoms with Crippen LogP contribution in [0, 0.1) is 11.8 Å². The Morgan fingerprint density at radius 3 is 2.40 bits per heavy atom.